The van der Waals surface area contributed by atoms with Gasteiger partial charge in [-0.05, 0) is 217 Å². The number of allylic oxidation sites excluding steroid dienone is 2. The van der Waals surface area contributed by atoms with Crippen molar-refractivity contribution in [1.82, 2.24) is 57.7 Å². The first-order valence-electron chi connectivity index (χ1n) is 39.1. The number of benzene rings is 4. The summed E-state index contributed by atoms with van der Waals surface area (Å²) >= 11 is 0. The summed E-state index contributed by atoms with van der Waals surface area (Å²) in [6.45, 7) is 20.2. The van der Waals surface area contributed by atoms with Crippen molar-refractivity contribution in [3.8, 4) is 34.0 Å². The van der Waals surface area contributed by atoms with Crippen LogP contribution < -0.4 is 18.9 Å². The Morgan fingerprint density at radius 3 is 1.60 bits per heavy atom. The Morgan fingerprint density at radius 2 is 1.12 bits per heavy atom. The maximum Gasteiger partial charge on any atom is 0.264 e. The standard InChI is InChI=1S/C43H54N6O5S.C41H50N6O5S/c1-8-46-23-33-21-32(46)24-47(33)43(51)38-27(6)44-49(25(2)3)40(38)31-18-30-19-34(54-7)15-17-35(30)41-39(28-12-10-9-11-13-28)36-16-14-29(20-37(36)48(41)22-31)42(50)45-55(52,53)26(4)5;1-25(2)24-53(50,51)43-40(48)27-11-15-34-36(19-27)46-21-29(38-35(20-42-45(38)4)41(49)47-30-12-13-31(47)23-44(3)22-30)17-28-18-32(52-5)14-16-33(28)39(46)37(34)26-9-7-6-8-10-26/h14-20,25-26,28,32-33H,8-13,21-24H2,1-7H3,(H,45,50);11,14-20,25-26,30-31H,6-10,12-13,21-24H2,1-5H3,(H,43,48)/t32-,33-;/m0./s1. The Kier molecular flexibility index (Phi) is 20.4. The lowest BCUT2D eigenvalue weighted by molar-refractivity contribution is 0.0471. The predicted molar refractivity (Wildman–Crippen MR) is 424 cm³/mol. The van der Waals surface area contributed by atoms with Crippen molar-refractivity contribution < 1.29 is 45.5 Å². The summed E-state index contributed by atoms with van der Waals surface area (Å²) in [5, 5.41) is 11.1. The van der Waals surface area contributed by atoms with Gasteiger partial charge in [-0.1, -0.05) is 71.4 Å². The van der Waals surface area contributed by atoms with Crippen molar-refractivity contribution in [3.63, 3.8) is 0 Å². The third-order valence-electron chi connectivity index (χ3n) is 24.2. The molecule has 6 fully saturated rings. The highest BCUT2D eigenvalue weighted by molar-refractivity contribution is 7.90. The van der Waals surface area contributed by atoms with Crippen LogP contribution in [0.15, 0.2) is 79.0 Å². The quantitative estimate of drug-likeness (QED) is 0.0862. The van der Waals surface area contributed by atoms with E-state index in [9.17, 15) is 36.0 Å². The Labute approximate surface area is 634 Å². The van der Waals surface area contributed by atoms with Gasteiger partial charge >= 0.3 is 0 Å². The zero-order valence-electron chi connectivity index (χ0n) is 64.6. The molecular weight excluding hydrogens is 1400 g/mol. The van der Waals surface area contributed by atoms with Crippen LogP contribution in [0.5, 0.6) is 11.5 Å². The van der Waals surface area contributed by atoms with Crippen molar-refractivity contribution in [1.29, 1.82) is 0 Å². The van der Waals surface area contributed by atoms with Gasteiger partial charge in [0.25, 0.3) is 23.6 Å². The second-order valence-electron chi connectivity index (χ2n) is 32.5. The number of fused-ring (bicyclic) bond motifs is 14. The van der Waals surface area contributed by atoms with Crippen molar-refractivity contribution in [2.24, 2.45) is 13.0 Å². The number of rotatable bonds is 17. The first-order chi connectivity index (χ1) is 51.7. The number of aromatic nitrogens is 6. The van der Waals surface area contributed by atoms with Crippen LogP contribution >= 0.6 is 0 Å². The summed E-state index contributed by atoms with van der Waals surface area (Å²) in [5.74, 6) is 0.620. The maximum atomic E-state index is 14.8. The van der Waals surface area contributed by atoms with Crippen LogP contribution in [0.3, 0.4) is 0 Å². The molecule has 24 heteroatoms. The van der Waals surface area contributed by atoms with E-state index in [-0.39, 0.29) is 58.8 Å². The zero-order valence-corrected chi connectivity index (χ0v) is 66.2. The molecule has 22 nitrogen and oxygen atoms in total. The van der Waals surface area contributed by atoms with Crippen LogP contribution in [0.2, 0.25) is 0 Å². The number of piperazine rings is 2. The van der Waals surface area contributed by atoms with Crippen molar-refractivity contribution in [2.45, 2.75) is 199 Å². The lowest BCUT2D eigenvalue weighted by atomic mass is 9.81. The lowest BCUT2D eigenvalue weighted by Gasteiger charge is -2.39. The van der Waals surface area contributed by atoms with E-state index in [0.29, 0.717) is 47.8 Å². The molecule has 4 saturated heterocycles. The smallest absolute Gasteiger partial charge is 0.264 e. The molecule has 6 aliphatic heterocycles. The highest BCUT2D eigenvalue weighted by atomic mass is 32.2. The number of carbonyl (C=O) groups excluding carboxylic acids is 4. The third kappa shape index (κ3) is 13.7. The number of sulfonamides is 2. The number of nitrogens with zero attached hydrogens (tertiary/aromatic N) is 10. The van der Waals surface area contributed by atoms with Gasteiger partial charge in [-0.15, -0.1) is 0 Å². The van der Waals surface area contributed by atoms with Gasteiger partial charge in [0.15, 0.2) is 0 Å². The number of aryl methyl sites for hydroxylation is 2. The third-order valence-corrected chi connectivity index (χ3v) is 27.6. The molecule has 16 rings (SSSR count). The fourth-order valence-corrected chi connectivity index (χ4v) is 21.2. The zero-order chi connectivity index (χ0) is 76.1. The monoisotopic (exact) mass is 1500 g/mol. The van der Waals surface area contributed by atoms with E-state index in [1.165, 1.54) is 24.0 Å². The van der Waals surface area contributed by atoms with Crippen LogP contribution in [0.4, 0.5) is 0 Å². The van der Waals surface area contributed by atoms with Gasteiger partial charge in [0.05, 0.1) is 84.1 Å². The lowest BCUT2D eigenvalue weighted by Crippen LogP contribution is -2.54. The fourth-order valence-electron chi connectivity index (χ4n) is 19.2. The molecule has 4 amide bonds. The molecule has 4 aromatic heterocycles. The van der Waals surface area contributed by atoms with Gasteiger partial charge in [-0.25, -0.2) is 26.3 Å². The number of likely N-dealkylation sites (tertiary alicyclic amines) is 3. The highest BCUT2D eigenvalue weighted by Crippen LogP contribution is 2.51. The van der Waals surface area contributed by atoms with Gasteiger partial charge in [0, 0.05) is 107 Å². The van der Waals surface area contributed by atoms with E-state index in [0.717, 1.165) is 193 Å². The molecular formula is C84H104N12O10S2. The van der Waals surface area contributed by atoms with Gasteiger partial charge in [0.2, 0.25) is 20.0 Å². The molecule has 0 spiro atoms. The summed E-state index contributed by atoms with van der Waals surface area (Å²) in [6.07, 6.45) is 20.4. The Morgan fingerprint density at radius 1 is 0.593 bits per heavy atom. The summed E-state index contributed by atoms with van der Waals surface area (Å²) < 4.78 is 75.8. The van der Waals surface area contributed by atoms with E-state index < -0.39 is 37.1 Å². The summed E-state index contributed by atoms with van der Waals surface area (Å²) in [4.78, 5) is 65.5. The number of nitrogens with one attached hydrogen (secondary N) is 2. The molecule has 10 heterocycles. The van der Waals surface area contributed by atoms with Crippen molar-refractivity contribution >= 4 is 88.8 Å². The minimum Gasteiger partial charge on any atom is -0.497 e. The molecule has 2 aliphatic carbocycles. The number of likely N-dealkylation sites (N-methyl/N-ethyl adjacent to an activating group) is 2. The number of ether oxygens (including phenoxy) is 2. The molecule has 4 aromatic carbocycles. The second-order valence-corrected chi connectivity index (χ2v) is 36.5. The molecule has 2 N–H and O–H groups in total. The van der Waals surface area contributed by atoms with E-state index in [1.807, 2.05) is 73.6 Å². The number of hydrogen-bond donors (Lipinski definition) is 2. The van der Waals surface area contributed by atoms with E-state index in [1.54, 1.807) is 46.4 Å². The van der Waals surface area contributed by atoms with Gasteiger partial charge in [-0.3, -0.25) is 33.4 Å². The summed E-state index contributed by atoms with van der Waals surface area (Å²) in [7, 11) is -0.279. The van der Waals surface area contributed by atoms with Crippen LogP contribution in [-0.2, 0) is 40.2 Å². The first-order valence-corrected chi connectivity index (χ1v) is 42.3. The molecule has 4 atom stereocenters. The fraction of sp³-hybridized carbons (Fsp3) is 0.500. The van der Waals surface area contributed by atoms with Crippen LogP contribution in [0.25, 0.3) is 67.6 Å². The topological polar surface area (TPSA) is 238 Å². The van der Waals surface area contributed by atoms with E-state index >= 15 is 0 Å². The van der Waals surface area contributed by atoms with Crippen molar-refractivity contribution in [3.05, 3.63) is 141 Å². The molecule has 8 aliphatic rings. The molecule has 2 unspecified atom stereocenters. The highest BCUT2D eigenvalue weighted by Gasteiger charge is 2.47. The Hall–Kier alpha value is -8.84. The molecule has 572 valence electrons. The van der Waals surface area contributed by atoms with Crippen LogP contribution in [0.1, 0.15) is 231 Å². The maximum absolute atomic E-state index is 14.8. The molecule has 8 aromatic rings. The largest absolute Gasteiger partial charge is 0.497 e. The molecule has 2 saturated carbocycles. The molecule has 108 heavy (non-hydrogen) atoms. The van der Waals surface area contributed by atoms with Crippen LogP contribution in [0, 0.1) is 12.8 Å². The summed E-state index contributed by atoms with van der Waals surface area (Å²) in [5.41, 5.74) is 16.4. The van der Waals surface area contributed by atoms with Gasteiger partial charge in [0.1, 0.15) is 11.5 Å². The number of amides is 4. The van der Waals surface area contributed by atoms with E-state index in [4.69, 9.17) is 14.6 Å². The average Bonchev–Trinajstić information content (AvgIpc) is 1.57. The summed E-state index contributed by atoms with van der Waals surface area (Å²) in [6, 6.07) is 24.5. The van der Waals surface area contributed by atoms with Crippen LogP contribution in [-0.4, -0.2) is 178 Å². The average molecular weight is 1510 g/mol. The normalized spacial score (nSPS) is 20.4. The second kappa shape index (κ2) is 29.5. The SMILES string of the molecule is CCN1C[C@@H]2C[C@H]1CN2C(=O)c1c(C)nn(C(C)C)c1C1=Cc2cc(OC)ccc2-c2c(C3CCCCC3)c3ccc(C(=O)NS(=O)(=O)C(C)C)cc3n2C1.COc1ccc2c(c1)C=C(c1c(C(=O)N3C4CCC3CN(C)C4)cnn1C)Cn1c-2c(C2CCCCC2)c2ccc(C(=O)NS(=O)(=O)CC(C)C)cc21. The Balaban J connectivity index is 0.000000172. The number of hydrogen-bond acceptors (Lipinski definition) is 14. The number of carbonyl (C=O) groups is 4. The molecule has 0 radical (unpaired) electrons. The van der Waals surface area contributed by atoms with Crippen molar-refractivity contribution in [2.75, 3.05) is 59.7 Å². The van der Waals surface area contributed by atoms with Gasteiger partial charge in [-0.2, -0.15) is 10.2 Å². The van der Waals surface area contributed by atoms with Gasteiger partial charge < -0.3 is 33.3 Å². The minimum absolute atomic E-state index is 0.0201. The Bertz CT molecular complexity index is 5200. The molecule has 4 bridgehead atoms. The van der Waals surface area contributed by atoms with E-state index in [2.05, 4.69) is 108 Å². The number of methoxy groups -OCH3 is 2. The predicted octanol–water partition coefficient (Wildman–Crippen LogP) is 13.7. The first kappa shape index (κ1) is 74.6. The minimum atomic E-state index is -3.84.